The zero-order valence-electron chi connectivity index (χ0n) is 13.5. The van der Waals surface area contributed by atoms with E-state index in [9.17, 15) is 14.4 Å². The van der Waals surface area contributed by atoms with Gasteiger partial charge in [-0.3, -0.25) is 14.4 Å². The topological polar surface area (TPSA) is 93.7 Å². The molecule has 0 spiro atoms. The van der Waals surface area contributed by atoms with Crippen molar-refractivity contribution in [3.63, 3.8) is 0 Å². The van der Waals surface area contributed by atoms with Crippen LogP contribution in [0.2, 0.25) is 0 Å². The van der Waals surface area contributed by atoms with Crippen LogP contribution in [0, 0.1) is 5.92 Å². The maximum atomic E-state index is 11.9. The van der Waals surface area contributed by atoms with E-state index in [1.807, 2.05) is 0 Å². The molecule has 0 aromatic rings. The second-order valence-corrected chi connectivity index (χ2v) is 6.15. The Morgan fingerprint density at radius 2 is 1.78 bits per heavy atom. The molecular weight excluding hydrogens is 300 g/mol. The highest BCUT2D eigenvalue weighted by molar-refractivity contribution is 5.85. The van der Waals surface area contributed by atoms with Gasteiger partial charge in [-0.05, 0) is 25.7 Å². The highest BCUT2D eigenvalue weighted by Gasteiger charge is 2.21. The largest absolute Gasteiger partial charge is 0.454 e. The van der Waals surface area contributed by atoms with Crippen LogP contribution in [0.1, 0.15) is 44.9 Å². The van der Waals surface area contributed by atoms with E-state index < -0.39 is 5.97 Å². The Morgan fingerprint density at radius 3 is 2.48 bits per heavy atom. The first-order valence-electron chi connectivity index (χ1n) is 8.47. The molecule has 1 aliphatic carbocycles. The number of ether oxygens (including phenoxy) is 2. The highest BCUT2D eigenvalue weighted by Crippen LogP contribution is 2.23. The molecular formula is C16H26N2O5. The summed E-state index contributed by atoms with van der Waals surface area (Å²) >= 11 is 0. The van der Waals surface area contributed by atoms with Crippen molar-refractivity contribution in [2.24, 2.45) is 5.92 Å². The lowest BCUT2D eigenvalue weighted by Crippen LogP contribution is -2.38. The van der Waals surface area contributed by atoms with Crippen LogP contribution in [0.5, 0.6) is 0 Å². The summed E-state index contributed by atoms with van der Waals surface area (Å²) < 4.78 is 10.2. The molecule has 7 heteroatoms. The maximum absolute atomic E-state index is 11.9. The minimum Gasteiger partial charge on any atom is -0.454 e. The van der Waals surface area contributed by atoms with Gasteiger partial charge >= 0.3 is 5.97 Å². The molecule has 1 saturated heterocycles. The Kier molecular flexibility index (Phi) is 7.32. The average Bonchev–Trinajstić information content (AvgIpc) is 3.10. The second kappa shape index (κ2) is 9.50. The fraction of sp³-hybridized carbons (Fsp3) is 0.812. The van der Waals surface area contributed by atoms with E-state index in [0.717, 1.165) is 45.1 Å². The van der Waals surface area contributed by atoms with E-state index in [-0.39, 0.29) is 37.0 Å². The lowest BCUT2D eigenvalue weighted by Gasteiger charge is -2.20. The van der Waals surface area contributed by atoms with E-state index in [4.69, 9.17) is 9.47 Å². The maximum Gasteiger partial charge on any atom is 0.325 e. The summed E-state index contributed by atoms with van der Waals surface area (Å²) in [5.41, 5.74) is 0. The van der Waals surface area contributed by atoms with Crippen LogP contribution in [-0.2, 0) is 23.9 Å². The average molecular weight is 326 g/mol. The molecule has 23 heavy (non-hydrogen) atoms. The lowest BCUT2D eigenvalue weighted by atomic mass is 9.89. The predicted molar refractivity (Wildman–Crippen MR) is 82.5 cm³/mol. The molecule has 1 atom stereocenters. The summed E-state index contributed by atoms with van der Waals surface area (Å²) in [7, 11) is 0. The normalized spacial score (nSPS) is 21.7. The number of amides is 2. The van der Waals surface area contributed by atoms with Gasteiger partial charge in [0.2, 0.25) is 5.91 Å². The third-order valence-electron chi connectivity index (χ3n) is 4.30. The smallest absolute Gasteiger partial charge is 0.325 e. The van der Waals surface area contributed by atoms with Crippen molar-refractivity contribution in [3.8, 4) is 0 Å². The summed E-state index contributed by atoms with van der Waals surface area (Å²) in [6.07, 6.45) is 7.07. The summed E-state index contributed by atoms with van der Waals surface area (Å²) in [4.78, 5) is 35.0. The molecule has 1 heterocycles. The number of rotatable bonds is 7. The monoisotopic (exact) mass is 326 g/mol. The SMILES string of the molecule is O=C(COC(=O)CNC(=O)C1CCCCC1)NC[C@@H]1CCCO1. The van der Waals surface area contributed by atoms with Crippen LogP contribution >= 0.6 is 0 Å². The van der Waals surface area contributed by atoms with Gasteiger partial charge in [0.25, 0.3) is 5.91 Å². The number of nitrogens with one attached hydrogen (secondary N) is 2. The van der Waals surface area contributed by atoms with E-state index >= 15 is 0 Å². The first kappa shape index (κ1) is 17.7. The van der Waals surface area contributed by atoms with Gasteiger partial charge in [-0.25, -0.2) is 0 Å². The van der Waals surface area contributed by atoms with Crippen LogP contribution in [0.25, 0.3) is 0 Å². The Morgan fingerprint density at radius 1 is 1.00 bits per heavy atom. The molecule has 2 fully saturated rings. The molecule has 0 bridgehead atoms. The van der Waals surface area contributed by atoms with Crippen LogP contribution in [-0.4, -0.2) is 50.2 Å². The van der Waals surface area contributed by atoms with E-state index in [1.165, 1.54) is 6.42 Å². The summed E-state index contributed by atoms with van der Waals surface area (Å²) in [6.45, 7) is 0.657. The van der Waals surface area contributed by atoms with Gasteiger partial charge in [0.05, 0.1) is 6.10 Å². The van der Waals surface area contributed by atoms with Gasteiger partial charge < -0.3 is 20.1 Å². The zero-order valence-corrected chi connectivity index (χ0v) is 13.5. The van der Waals surface area contributed by atoms with Crippen molar-refractivity contribution in [3.05, 3.63) is 0 Å². The first-order valence-corrected chi connectivity index (χ1v) is 8.47. The van der Waals surface area contributed by atoms with Crippen molar-refractivity contribution in [2.45, 2.75) is 51.0 Å². The molecule has 2 N–H and O–H groups in total. The lowest BCUT2D eigenvalue weighted by molar-refractivity contribution is -0.148. The Bertz CT molecular complexity index is 415. The Hall–Kier alpha value is -1.63. The molecule has 1 saturated carbocycles. The standard InChI is InChI=1S/C16H26N2O5/c19-14(17-9-13-7-4-8-22-13)11-23-15(20)10-18-16(21)12-5-2-1-3-6-12/h12-13H,1-11H2,(H,17,19)(H,18,21)/t13-/m0/s1. The number of carbonyl (C=O) groups excluding carboxylic acids is 3. The number of esters is 1. The molecule has 2 amide bonds. The fourth-order valence-corrected chi connectivity index (χ4v) is 2.95. The van der Waals surface area contributed by atoms with Gasteiger partial charge in [-0.1, -0.05) is 19.3 Å². The minimum atomic E-state index is -0.596. The molecule has 1 aliphatic heterocycles. The molecule has 0 radical (unpaired) electrons. The van der Waals surface area contributed by atoms with Gasteiger partial charge in [0.1, 0.15) is 6.54 Å². The van der Waals surface area contributed by atoms with Crippen LogP contribution in [0.4, 0.5) is 0 Å². The van der Waals surface area contributed by atoms with Crippen LogP contribution < -0.4 is 10.6 Å². The fourth-order valence-electron chi connectivity index (χ4n) is 2.95. The first-order chi connectivity index (χ1) is 11.1. The Balaban J connectivity index is 1.53. The molecule has 2 rings (SSSR count). The van der Waals surface area contributed by atoms with Crippen molar-refractivity contribution in [1.82, 2.24) is 10.6 Å². The summed E-state index contributed by atoms with van der Waals surface area (Å²) in [5, 5.41) is 5.26. The second-order valence-electron chi connectivity index (χ2n) is 6.15. The quantitative estimate of drug-likeness (QED) is 0.665. The van der Waals surface area contributed by atoms with Gasteiger partial charge in [-0.15, -0.1) is 0 Å². The number of hydrogen-bond donors (Lipinski definition) is 2. The minimum absolute atomic E-state index is 0.00580. The molecule has 0 unspecified atom stereocenters. The van der Waals surface area contributed by atoms with E-state index in [1.54, 1.807) is 0 Å². The summed E-state index contributed by atoms with van der Waals surface area (Å²) in [6, 6.07) is 0. The van der Waals surface area contributed by atoms with Crippen molar-refractivity contribution < 1.29 is 23.9 Å². The van der Waals surface area contributed by atoms with Gasteiger partial charge in [0.15, 0.2) is 6.61 Å². The van der Waals surface area contributed by atoms with Crippen molar-refractivity contribution >= 4 is 17.8 Å². The number of carbonyl (C=O) groups is 3. The molecule has 0 aromatic heterocycles. The third-order valence-corrected chi connectivity index (χ3v) is 4.30. The molecule has 7 nitrogen and oxygen atoms in total. The Labute approximate surface area is 136 Å². The molecule has 2 aliphatic rings. The molecule has 0 aromatic carbocycles. The van der Waals surface area contributed by atoms with Gasteiger partial charge in [0, 0.05) is 19.1 Å². The highest BCUT2D eigenvalue weighted by atomic mass is 16.5. The van der Waals surface area contributed by atoms with Crippen LogP contribution in [0.3, 0.4) is 0 Å². The molecule has 130 valence electrons. The van der Waals surface area contributed by atoms with Gasteiger partial charge in [-0.2, -0.15) is 0 Å². The number of hydrogen-bond acceptors (Lipinski definition) is 5. The predicted octanol–water partition coefficient (Wildman–Crippen LogP) is 0.521. The van der Waals surface area contributed by atoms with E-state index in [2.05, 4.69) is 10.6 Å². The third kappa shape index (κ3) is 6.56. The van der Waals surface area contributed by atoms with Crippen molar-refractivity contribution in [2.75, 3.05) is 26.3 Å². The summed E-state index contributed by atoms with van der Waals surface area (Å²) in [5.74, 6) is -1.04. The van der Waals surface area contributed by atoms with Crippen LogP contribution in [0.15, 0.2) is 0 Å². The zero-order chi connectivity index (χ0) is 16.5. The van der Waals surface area contributed by atoms with Crippen molar-refractivity contribution in [1.29, 1.82) is 0 Å². The van der Waals surface area contributed by atoms with E-state index in [0.29, 0.717) is 6.54 Å².